The van der Waals surface area contributed by atoms with Gasteiger partial charge < -0.3 is 9.15 Å². The topological polar surface area (TPSA) is 73.4 Å². The predicted molar refractivity (Wildman–Crippen MR) is 120 cm³/mol. The number of aryl methyl sites for hydroxylation is 3. The summed E-state index contributed by atoms with van der Waals surface area (Å²) in [4.78, 5) is 20.6. The first-order valence-corrected chi connectivity index (χ1v) is 11.5. The monoisotopic (exact) mass is 440 g/mol. The van der Waals surface area contributed by atoms with Gasteiger partial charge in [0.25, 0.3) is 0 Å². The highest BCUT2D eigenvalue weighted by atomic mass is 32.1. The smallest absolute Gasteiger partial charge is 0.359 e. The maximum atomic E-state index is 12.6. The van der Waals surface area contributed by atoms with Gasteiger partial charge in [-0.1, -0.05) is 5.57 Å². The Labute approximate surface area is 186 Å². The van der Waals surface area contributed by atoms with Crippen molar-refractivity contribution in [3.05, 3.63) is 62.8 Å². The van der Waals surface area contributed by atoms with Gasteiger partial charge in [0.15, 0.2) is 5.69 Å². The highest BCUT2D eigenvalue weighted by molar-refractivity contribution is 7.09. The van der Waals surface area contributed by atoms with E-state index in [1.807, 2.05) is 36.2 Å². The molecule has 0 fully saturated rings. The van der Waals surface area contributed by atoms with E-state index in [0.717, 1.165) is 55.2 Å². The Hall–Kier alpha value is -2.71. The number of hydrogen-bond acceptors (Lipinski definition) is 7. The van der Waals surface area contributed by atoms with Crippen LogP contribution in [0.3, 0.4) is 0 Å². The van der Waals surface area contributed by atoms with Gasteiger partial charge in [-0.2, -0.15) is 5.10 Å². The molecular weight excluding hydrogens is 412 g/mol. The minimum absolute atomic E-state index is 0.337. The van der Waals surface area contributed by atoms with E-state index < -0.39 is 0 Å². The maximum Gasteiger partial charge on any atom is 0.359 e. The fourth-order valence-electron chi connectivity index (χ4n) is 4.02. The molecule has 3 aromatic rings. The van der Waals surface area contributed by atoms with E-state index >= 15 is 0 Å². The Morgan fingerprint density at radius 1 is 1.42 bits per heavy atom. The molecule has 0 amide bonds. The van der Waals surface area contributed by atoms with Crippen molar-refractivity contribution >= 4 is 23.4 Å². The van der Waals surface area contributed by atoms with Crippen molar-refractivity contribution < 1.29 is 13.9 Å². The molecular formula is C23H28N4O3S. The van der Waals surface area contributed by atoms with E-state index in [-0.39, 0.29) is 5.97 Å². The lowest BCUT2D eigenvalue weighted by atomic mass is 10.0. The summed E-state index contributed by atoms with van der Waals surface area (Å²) in [6, 6.07) is 3.84. The summed E-state index contributed by atoms with van der Waals surface area (Å²) in [7, 11) is 0. The quantitative estimate of drug-likeness (QED) is 0.491. The summed E-state index contributed by atoms with van der Waals surface area (Å²) in [6.07, 6.45) is 5.46. The first-order chi connectivity index (χ1) is 15.0. The summed E-state index contributed by atoms with van der Waals surface area (Å²) in [5.41, 5.74) is 6.76. The molecule has 31 heavy (non-hydrogen) atoms. The Balaban J connectivity index is 1.53. The van der Waals surface area contributed by atoms with Crippen molar-refractivity contribution in [2.75, 3.05) is 19.7 Å². The van der Waals surface area contributed by atoms with Crippen molar-refractivity contribution in [1.29, 1.82) is 0 Å². The number of furan rings is 1. The number of aromatic nitrogens is 3. The van der Waals surface area contributed by atoms with Crippen LogP contribution in [0.2, 0.25) is 0 Å². The van der Waals surface area contributed by atoms with Crippen LogP contribution >= 0.6 is 11.3 Å². The lowest BCUT2D eigenvalue weighted by Gasteiger charge is -2.28. The summed E-state index contributed by atoms with van der Waals surface area (Å²) in [5, 5.41) is 4.68. The zero-order chi connectivity index (χ0) is 21.8. The number of carbonyl (C=O) groups is 1. The third-order valence-electron chi connectivity index (χ3n) is 5.48. The summed E-state index contributed by atoms with van der Waals surface area (Å²) in [6.45, 7) is 9.46. The number of ether oxygens (including phenoxy) is 1. The van der Waals surface area contributed by atoms with Crippen LogP contribution in [0.4, 0.5) is 0 Å². The molecule has 4 rings (SSSR count). The predicted octanol–water partition coefficient (Wildman–Crippen LogP) is 4.12. The molecule has 0 atom stereocenters. The van der Waals surface area contributed by atoms with Gasteiger partial charge in [-0.3, -0.25) is 9.58 Å². The first kappa shape index (κ1) is 21.5. The lowest BCUT2D eigenvalue weighted by Crippen LogP contribution is -2.33. The lowest BCUT2D eigenvalue weighted by molar-refractivity contribution is 0.0516. The van der Waals surface area contributed by atoms with Gasteiger partial charge in [-0.15, -0.1) is 11.3 Å². The Kier molecular flexibility index (Phi) is 6.67. The van der Waals surface area contributed by atoms with E-state index in [1.54, 1.807) is 17.6 Å². The molecule has 0 saturated heterocycles. The molecule has 164 valence electrons. The second kappa shape index (κ2) is 9.62. The molecule has 0 saturated carbocycles. The molecule has 3 aromatic heterocycles. The molecule has 8 heteroatoms. The fraction of sp³-hybridized carbons (Fsp3) is 0.435. The van der Waals surface area contributed by atoms with Crippen molar-refractivity contribution in [3.63, 3.8) is 0 Å². The Morgan fingerprint density at radius 2 is 2.29 bits per heavy atom. The number of esters is 1. The molecule has 0 aromatic carbocycles. The minimum atomic E-state index is -0.337. The van der Waals surface area contributed by atoms with Gasteiger partial charge in [0.05, 0.1) is 24.1 Å². The average Bonchev–Trinajstić information content (AvgIpc) is 3.47. The standard InChI is InChI=1S/C23H28N4O3S/c1-4-29-23(28)22-19-14-26(13-16(2)12-18-6-5-11-30-18)9-7-20(19)27(25-22)10-8-21-17(3)24-15-31-21/h5-6,11-12,15H,4,7-10,13-14H2,1-3H3/b16-12+. The van der Waals surface area contributed by atoms with Crippen LogP contribution in [0.25, 0.3) is 6.08 Å². The molecule has 0 aliphatic carbocycles. The second-order valence-electron chi connectivity index (χ2n) is 7.80. The van der Waals surface area contributed by atoms with E-state index in [2.05, 4.69) is 28.0 Å². The van der Waals surface area contributed by atoms with Crippen molar-refractivity contribution in [1.82, 2.24) is 19.7 Å². The van der Waals surface area contributed by atoms with Crippen molar-refractivity contribution in [3.8, 4) is 0 Å². The number of carbonyl (C=O) groups excluding carboxylic acids is 1. The number of hydrogen-bond donors (Lipinski definition) is 0. The first-order valence-electron chi connectivity index (χ1n) is 10.6. The van der Waals surface area contributed by atoms with Crippen molar-refractivity contribution in [2.45, 2.75) is 46.7 Å². The van der Waals surface area contributed by atoms with Crippen LogP contribution in [0.5, 0.6) is 0 Å². The van der Waals surface area contributed by atoms with Crippen LogP contribution in [0.15, 0.2) is 33.9 Å². The van der Waals surface area contributed by atoms with Crippen molar-refractivity contribution in [2.24, 2.45) is 0 Å². The molecule has 0 unspecified atom stereocenters. The van der Waals surface area contributed by atoms with Crippen LogP contribution < -0.4 is 0 Å². The SMILES string of the molecule is CCOC(=O)c1nn(CCc2scnc2C)c2c1CN(C/C(C)=C/c1ccco1)CC2. The molecule has 0 bridgehead atoms. The summed E-state index contributed by atoms with van der Waals surface area (Å²) < 4.78 is 12.7. The second-order valence-corrected chi connectivity index (χ2v) is 8.73. The number of thiazole rings is 1. The van der Waals surface area contributed by atoms with E-state index in [9.17, 15) is 4.79 Å². The van der Waals surface area contributed by atoms with Gasteiger partial charge in [0, 0.05) is 55.2 Å². The molecule has 0 radical (unpaired) electrons. The van der Waals surface area contributed by atoms with E-state index in [0.29, 0.717) is 18.8 Å². The number of rotatable bonds is 8. The molecule has 0 spiro atoms. The van der Waals surface area contributed by atoms with Crippen LogP contribution in [-0.2, 0) is 30.7 Å². The van der Waals surface area contributed by atoms with Gasteiger partial charge in [0.1, 0.15) is 5.76 Å². The molecule has 1 aliphatic rings. The van der Waals surface area contributed by atoms with E-state index in [4.69, 9.17) is 9.15 Å². The summed E-state index contributed by atoms with van der Waals surface area (Å²) >= 11 is 1.67. The summed E-state index contributed by atoms with van der Waals surface area (Å²) in [5.74, 6) is 0.518. The highest BCUT2D eigenvalue weighted by Gasteiger charge is 2.29. The average molecular weight is 441 g/mol. The van der Waals surface area contributed by atoms with E-state index in [1.165, 1.54) is 10.5 Å². The van der Waals surface area contributed by atoms with Gasteiger partial charge in [0.2, 0.25) is 0 Å². The maximum absolute atomic E-state index is 12.6. The zero-order valence-electron chi connectivity index (χ0n) is 18.3. The molecule has 4 heterocycles. The van der Waals surface area contributed by atoms with Crippen LogP contribution in [0, 0.1) is 6.92 Å². The highest BCUT2D eigenvalue weighted by Crippen LogP contribution is 2.25. The Morgan fingerprint density at radius 3 is 3.00 bits per heavy atom. The van der Waals surface area contributed by atoms with Crippen LogP contribution in [0.1, 0.15) is 51.9 Å². The van der Waals surface area contributed by atoms with Gasteiger partial charge >= 0.3 is 5.97 Å². The fourth-order valence-corrected chi connectivity index (χ4v) is 4.79. The minimum Gasteiger partial charge on any atom is -0.465 e. The third-order valence-corrected chi connectivity index (χ3v) is 6.48. The number of fused-ring (bicyclic) bond motifs is 1. The van der Waals surface area contributed by atoms with Gasteiger partial charge in [-0.25, -0.2) is 9.78 Å². The number of nitrogens with zero attached hydrogens (tertiary/aromatic N) is 4. The molecule has 0 N–H and O–H groups in total. The molecule has 1 aliphatic heterocycles. The molecule has 7 nitrogen and oxygen atoms in total. The zero-order valence-corrected chi connectivity index (χ0v) is 19.1. The third kappa shape index (κ3) is 4.97. The van der Waals surface area contributed by atoms with Crippen LogP contribution in [-0.4, -0.2) is 45.3 Å². The largest absolute Gasteiger partial charge is 0.465 e. The Bertz CT molecular complexity index is 1060. The normalized spacial score (nSPS) is 14.6. The van der Waals surface area contributed by atoms with Gasteiger partial charge in [-0.05, 0) is 39.0 Å².